The second kappa shape index (κ2) is 8.04. The zero-order valence-corrected chi connectivity index (χ0v) is 18.6. The van der Waals surface area contributed by atoms with Gasteiger partial charge in [-0.2, -0.15) is 0 Å². The minimum Gasteiger partial charge on any atom is -0.338 e. The van der Waals surface area contributed by atoms with Crippen LogP contribution in [0, 0.1) is 0 Å². The number of hydrogen-bond donors (Lipinski definition) is 2. The summed E-state index contributed by atoms with van der Waals surface area (Å²) in [6.07, 6.45) is 1.75. The lowest BCUT2D eigenvalue weighted by Crippen LogP contribution is -2.15. The van der Waals surface area contributed by atoms with Crippen molar-refractivity contribution in [1.82, 2.24) is 9.97 Å². The van der Waals surface area contributed by atoms with Crippen LogP contribution < -0.4 is 4.72 Å². The first kappa shape index (κ1) is 20.9. The van der Waals surface area contributed by atoms with Gasteiger partial charge in [-0.1, -0.05) is 75.4 Å². The number of aromatic amines is 1. The quantitative estimate of drug-likeness (QED) is 0.417. The minimum atomic E-state index is -3.74. The molecule has 0 saturated heterocycles. The third kappa shape index (κ3) is 4.54. The van der Waals surface area contributed by atoms with Gasteiger partial charge in [0.25, 0.3) is 10.0 Å². The highest BCUT2D eigenvalue weighted by atomic mass is 32.2. The van der Waals surface area contributed by atoms with Crippen molar-refractivity contribution >= 4 is 15.7 Å². The van der Waals surface area contributed by atoms with E-state index in [0.717, 1.165) is 16.8 Å². The van der Waals surface area contributed by atoms with Crippen molar-refractivity contribution in [3.8, 4) is 22.6 Å². The molecule has 0 radical (unpaired) electrons. The average molecular weight is 432 g/mol. The summed E-state index contributed by atoms with van der Waals surface area (Å²) in [6.45, 7) is 6.29. The van der Waals surface area contributed by atoms with E-state index in [9.17, 15) is 8.42 Å². The molecule has 1 aromatic heterocycles. The van der Waals surface area contributed by atoms with Gasteiger partial charge in [-0.05, 0) is 40.8 Å². The summed E-state index contributed by atoms with van der Waals surface area (Å²) in [6, 6.07) is 24.1. The number of nitrogens with one attached hydrogen (secondary N) is 2. The lowest BCUT2D eigenvalue weighted by Gasteiger charge is -2.19. The Hall–Kier alpha value is -3.38. The van der Waals surface area contributed by atoms with Crippen molar-refractivity contribution in [1.29, 1.82) is 0 Å². The standard InChI is InChI=1S/C25H25N3O2S/c1-25(2,3)19-13-15-20(16-14-19)31(29,30)28-22-12-8-7-11-21(22)24-26-17-23(27-24)18-9-5-4-6-10-18/h4-17,28H,1-3H3,(H,26,27). The van der Waals surface area contributed by atoms with Gasteiger partial charge in [0, 0.05) is 5.56 Å². The van der Waals surface area contributed by atoms with Crippen LogP contribution in [0.25, 0.3) is 22.6 Å². The van der Waals surface area contributed by atoms with E-state index in [0.29, 0.717) is 17.1 Å². The molecule has 4 rings (SSSR count). The molecule has 0 atom stereocenters. The number of benzene rings is 3. The number of aromatic nitrogens is 2. The predicted octanol–water partition coefficient (Wildman–Crippen LogP) is 5.84. The number of rotatable bonds is 5. The van der Waals surface area contributed by atoms with Crippen LogP contribution in [-0.2, 0) is 15.4 Å². The van der Waals surface area contributed by atoms with Crippen LogP contribution in [0.3, 0.4) is 0 Å². The highest BCUT2D eigenvalue weighted by Crippen LogP contribution is 2.30. The van der Waals surface area contributed by atoms with E-state index in [1.165, 1.54) is 0 Å². The first-order valence-electron chi connectivity index (χ1n) is 10.1. The van der Waals surface area contributed by atoms with Crippen LogP contribution in [0.2, 0.25) is 0 Å². The third-order valence-electron chi connectivity index (χ3n) is 5.12. The van der Waals surface area contributed by atoms with Gasteiger partial charge in [-0.25, -0.2) is 13.4 Å². The summed E-state index contributed by atoms with van der Waals surface area (Å²) < 4.78 is 28.8. The molecule has 31 heavy (non-hydrogen) atoms. The summed E-state index contributed by atoms with van der Waals surface area (Å²) in [4.78, 5) is 7.99. The second-order valence-corrected chi connectivity index (χ2v) is 10.1. The maximum Gasteiger partial charge on any atom is 0.261 e. The van der Waals surface area contributed by atoms with Crippen LogP contribution in [0.1, 0.15) is 26.3 Å². The molecule has 0 amide bonds. The SMILES string of the molecule is CC(C)(C)c1ccc(S(=O)(=O)Nc2ccccc2-c2ncc(-c3ccccc3)[nH]2)cc1. The van der Waals surface area contributed by atoms with Crippen LogP contribution in [0.5, 0.6) is 0 Å². The lowest BCUT2D eigenvalue weighted by atomic mass is 9.87. The Morgan fingerprint density at radius 1 is 0.839 bits per heavy atom. The molecule has 0 bridgehead atoms. The Morgan fingerprint density at radius 2 is 1.48 bits per heavy atom. The van der Waals surface area contributed by atoms with Gasteiger partial charge in [-0.15, -0.1) is 0 Å². The van der Waals surface area contributed by atoms with Gasteiger partial charge in [-0.3, -0.25) is 4.72 Å². The summed E-state index contributed by atoms with van der Waals surface area (Å²) in [5.41, 5.74) is 4.06. The van der Waals surface area contributed by atoms with Crippen LogP contribution >= 0.6 is 0 Å². The van der Waals surface area contributed by atoms with E-state index >= 15 is 0 Å². The summed E-state index contributed by atoms with van der Waals surface area (Å²) in [5.74, 6) is 0.597. The van der Waals surface area contributed by atoms with Gasteiger partial charge in [0.1, 0.15) is 5.82 Å². The largest absolute Gasteiger partial charge is 0.338 e. The summed E-state index contributed by atoms with van der Waals surface area (Å²) in [5, 5.41) is 0. The van der Waals surface area contributed by atoms with Gasteiger partial charge >= 0.3 is 0 Å². The van der Waals surface area contributed by atoms with Gasteiger partial charge in [0.2, 0.25) is 0 Å². The Balaban J connectivity index is 1.64. The van der Waals surface area contributed by atoms with Crippen molar-refractivity contribution in [3.05, 3.63) is 90.6 Å². The topological polar surface area (TPSA) is 74.8 Å². The molecule has 4 aromatic rings. The number of nitrogens with zero attached hydrogens (tertiary/aromatic N) is 1. The summed E-state index contributed by atoms with van der Waals surface area (Å²) in [7, 11) is -3.74. The Labute approximate surface area is 183 Å². The molecular weight excluding hydrogens is 406 g/mol. The number of imidazole rings is 1. The van der Waals surface area contributed by atoms with E-state index in [4.69, 9.17) is 0 Å². The molecule has 0 spiro atoms. The predicted molar refractivity (Wildman–Crippen MR) is 125 cm³/mol. The van der Waals surface area contributed by atoms with E-state index in [2.05, 4.69) is 35.5 Å². The van der Waals surface area contributed by atoms with Crippen LogP contribution in [-0.4, -0.2) is 18.4 Å². The molecule has 0 aliphatic carbocycles. The Kier molecular flexibility index (Phi) is 5.41. The van der Waals surface area contributed by atoms with Gasteiger partial charge < -0.3 is 4.98 Å². The third-order valence-corrected chi connectivity index (χ3v) is 6.50. The maximum atomic E-state index is 13.0. The van der Waals surface area contributed by atoms with Crippen molar-refractivity contribution in [3.63, 3.8) is 0 Å². The molecule has 0 aliphatic heterocycles. The molecule has 0 fully saturated rings. The zero-order chi connectivity index (χ0) is 22.1. The van der Waals surface area contributed by atoms with Crippen molar-refractivity contribution < 1.29 is 8.42 Å². The molecule has 6 heteroatoms. The molecule has 0 aliphatic rings. The normalized spacial score (nSPS) is 12.0. The van der Waals surface area contributed by atoms with E-state index in [1.54, 1.807) is 30.5 Å². The molecule has 0 unspecified atom stereocenters. The fraction of sp³-hybridized carbons (Fsp3) is 0.160. The minimum absolute atomic E-state index is 0.0436. The van der Waals surface area contributed by atoms with Crippen LogP contribution in [0.15, 0.2) is 90.0 Å². The average Bonchev–Trinajstić information content (AvgIpc) is 3.24. The van der Waals surface area contributed by atoms with Crippen molar-refractivity contribution in [2.75, 3.05) is 4.72 Å². The Morgan fingerprint density at radius 3 is 2.16 bits per heavy atom. The van der Waals surface area contributed by atoms with E-state index in [-0.39, 0.29) is 10.3 Å². The second-order valence-electron chi connectivity index (χ2n) is 8.44. The van der Waals surface area contributed by atoms with Crippen LogP contribution in [0.4, 0.5) is 5.69 Å². The van der Waals surface area contributed by atoms with E-state index < -0.39 is 10.0 Å². The van der Waals surface area contributed by atoms with Gasteiger partial charge in [0.05, 0.1) is 22.5 Å². The Bertz CT molecular complexity index is 1290. The van der Waals surface area contributed by atoms with Gasteiger partial charge in [0.15, 0.2) is 0 Å². The first-order chi connectivity index (χ1) is 14.7. The van der Waals surface area contributed by atoms with E-state index in [1.807, 2.05) is 54.6 Å². The first-order valence-corrected chi connectivity index (χ1v) is 11.6. The maximum absolute atomic E-state index is 13.0. The summed E-state index contributed by atoms with van der Waals surface area (Å²) >= 11 is 0. The molecule has 3 aromatic carbocycles. The zero-order valence-electron chi connectivity index (χ0n) is 17.8. The number of hydrogen-bond acceptors (Lipinski definition) is 3. The number of anilines is 1. The highest BCUT2D eigenvalue weighted by Gasteiger charge is 2.19. The molecule has 2 N–H and O–H groups in total. The highest BCUT2D eigenvalue weighted by molar-refractivity contribution is 7.92. The number of para-hydroxylation sites is 1. The molecule has 0 saturated carbocycles. The molecule has 158 valence electrons. The number of sulfonamides is 1. The molecule has 1 heterocycles. The van der Waals surface area contributed by atoms with Crippen molar-refractivity contribution in [2.24, 2.45) is 0 Å². The smallest absolute Gasteiger partial charge is 0.261 e. The van der Waals surface area contributed by atoms with Crippen molar-refractivity contribution in [2.45, 2.75) is 31.1 Å². The fourth-order valence-corrected chi connectivity index (χ4v) is 4.42. The molecule has 5 nitrogen and oxygen atoms in total. The lowest BCUT2D eigenvalue weighted by molar-refractivity contribution is 0.587. The number of H-pyrrole nitrogens is 1. The monoisotopic (exact) mass is 431 g/mol. The molecular formula is C25H25N3O2S. The fourth-order valence-electron chi connectivity index (χ4n) is 3.34.